The molecule has 5 heteroatoms. The number of nitrogens with zero attached hydrogens (tertiary/aromatic N) is 1. The fourth-order valence-corrected chi connectivity index (χ4v) is 1.43. The molecular weight excluding hydrogens is 228 g/mol. The monoisotopic (exact) mass is 247 g/mol. The minimum absolute atomic E-state index is 0.114. The SMILES string of the molecule is C=C1CCN(C(=O)OCC(C)(C)C)C(F)C1F. The smallest absolute Gasteiger partial charge is 0.412 e. The molecule has 1 rings (SSSR count). The number of carbonyl (C=O) groups is 1. The molecule has 0 saturated carbocycles. The Morgan fingerprint density at radius 1 is 1.53 bits per heavy atom. The maximum atomic E-state index is 13.6. The number of likely N-dealkylation sites (tertiary alicyclic amines) is 1. The average molecular weight is 247 g/mol. The van der Waals surface area contributed by atoms with Crippen LogP contribution in [0.4, 0.5) is 13.6 Å². The summed E-state index contributed by atoms with van der Waals surface area (Å²) in [5, 5.41) is 0. The van der Waals surface area contributed by atoms with Gasteiger partial charge in [-0.05, 0) is 17.4 Å². The van der Waals surface area contributed by atoms with Crippen LogP contribution < -0.4 is 0 Å². The number of halogens is 2. The minimum Gasteiger partial charge on any atom is -0.449 e. The molecule has 0 spiro atoms. The van der Waals surface area contributed by atoms with Crippen LogP contribution in [0.5, 0.6) is 0 Å². The zero-order valence-corrected chi connectivity index (χ0v) is 10.5. The Bertz CT molecular complexity index is 312. The second kappa shape index (κ2) is 5.02. The Labute approximate surface area is 100 Å². The van der Waals surface area contributed by atoms with Crippen molar-refractivity contribution in [1.82, 2.24) is 4.90 Å². The summed E-state index contributed by atoms with van der Waals surface area (Å²) < 4.78 is 31.8. The molecular formula is C12H19F2NO2. The van der Waals surface area contributed by atoms with Crippen molar-refractivity contribution in [3.05, 3.63) is 12.2 Å². The van der Waals surface area contributed by atoms with Gasteiger partial charge in [-0.1, -0.05) is 27.4 Å². The lowest BCUT2D eigenvalue weighted by molar-refractivity contribution is -0.00603. The number of piperidine rings is 1. The van der Waals surface area contributed by atoms with Crippen LogP contribution in [-0.2, 0) is 4.74 Å². The van der Waals surface area contributed by atoms with Crippen molar-refractivity contribution in [2.24, 2.45) is 5.41 Å². The van der Waals surface area contributed by atoms with Crippen LogP contribution in [0.1, 0.15) is 27.2 Å². The Hall–Kier alpha value is -1.13. The van der Waals surface area contributed by atoms with Crippen LogP contribution in [0.15, 0.2) is 12.2 Å². The third-order valence-corrected chi connectivity index (χ3v) is 2.47. The summed E-state index contributed by atoms with van der Waals surface area (Å²) in [4.78, 5) is 12.4. The normalized spacial score (nSPS) is 25.9. The van der Waals surface area contributed by atoms with E-state index in [0.717, 1.165) is 4.90 Å². The van der Waals surface area contributed by atoms with Gasteiger partial charge in [-0.25, -0.2) is 13.6 Å². The minimum atomic E-state index is -1.98. The van der Waals surface area contributed by atoms with Gasteiger partial charge in [0.05, 0.1) is 6.61 Å². The van der Waals surface area contributed by atoms with E-state index in [1.165, 1.54) is 0 Å². The molecule has 98 valence electrons. The van der Waals surface area contributed by atoms with Crippen molar-refractivity contribution in [3.63, 3.8) is 0 Å². The topological polar surface area (TPSA) is 29.5 Å². The summed E-state index contributed by atoms with van der Waals surface area (Å²) in [7, 11) is 0. The molecule has 0 radical (unpaired) electrons. The van der Waals surface area contributed by atoms with E-state index in [2.05, 4.69) is 6.58 Å². The average Bonchev–Trinajstić information content (AvgIpc) is 2.22. The number of carbonyl (C=O) groups excluding carboxylic acids is 1. The summed E-state index contributed by atoms with van der Waals surface area (Å²) in [6.07, 6.45) is -4.33. The first-order valence-corrected chi connectivity index (χ1v) is 5.61. The standard InChI is InChI=1S/C12H19F2NO2/c1-8-5-6-15(10(14)9(8)13)11(16)17-7-12(2,3)4/h9-10H,1,5-7H2,2-4H3. The van der Waals surface area contributed by atoms with E-state index in [9.17, 15) is 13.6 Å². The first-order valence-electron chi connectivity index (χ1n) is 5.61. The molecule has 1 heterocycles. The number of amides is 1. The van der Waals surface area contributed by atoms with Gasteiger partial charge >= 0.3 is 6.09 Å². The zero-order chi connectivity index (χ0) is 13.2. The van der Waals surface area contributed by atoms with Crippen molar-refractivity contribution in [2.75, 3.05) is 13.2 Å². The first kappa shape index (κ1) is 13.9. The highest BCUT2D eigenvalue weighted by Crippen LogP contribution is 2.26. The summed E-state index contributed by atoms with van der Waals surface area (Å²) >= 11 is 0. The molecule has 1 aliphatic rings. The van der Waals surface area contributed by atoms with Crippen molar-refractivity contribution in [1.29, 1.82) is 0 Å². The van der Waals surface area contributed by atoms with E-state index in [0.29, 0.717) is 0 Å². The van der Waals surface area contributed by atoms with Crippen molar-refractivity contribution < 1.29 is 18.3 Å². The molecule has 2 atom stereocenters. The van der Waals surface area contributed by atoms with E-state index in [4.69, 9.17) is 4.74 Å². The number of ether oxygens (including phenoxy) is 1. The van der Waals surface area contributed by atoms with E-state index < -0.39 is 18.6 Å². The molecule has 1 fully saturated rings. The molecule has 0 aliphatic carbocycles. The third kappa shape index (κ3) is 3.68. The van der Waals surface area contributed by atoms with Gasteiger partial charge in [0.1, 0.15) is 0 Å². The molecule has 0 aromatic rings. The molecule has 1 amide bonds. The quantitative estimate of drug-likeness (QED) is 0.526. The number of rotatable bonds is 1. The second-order valence-electron chi connectivity index (χ2n) is 5.49. The maximum absolute atomic E-state index is 13.6. The van der Waals surface area contributed by atoms with Crippen molar-refractivity contribution in [2.45, 2.75) is 39.7 Å². The van der Waals surface area contributed by atoms with Crippen molar-refractivity contribution in [3.8, 4) is 0 Å². The van der Waals surface area contributed by atoms with Gasteiger partial charge < -0.3 is 4.74 Å². The predicted octanol–water partition coefficient (Wildman–Crippen LogP) is 3.06. The van der Waals surface area contributed by atoms with Gasteiger partial charge in [-0.2, -0.15) is 0 Å². The summed E-state index contributed by atoms with van der Waals surface area (Å²) in [6, 6.07) is 0. The van der Waals surface area contributed by atoms with Crippen LogP contribution in [0.3, 0.4) is 0 Å². The van der Waals surface area contributed by atoms with Crippen LogP contribution >= 0.6 is 0 Å². The number of hydrogen-bond donors (Lipinski definition) is 0. The molecule has 0 N–H and O–H groups in total. The summed E-state index contributed by atoms with van der Waals surface area (Å²) in [5.74, 6) is 0. The molecule has 17 heavy (non-hydrogen) atoms. The lowest BCUT2D eigenvalue weighted by Crippen LogP contribution is -2.48. The molecule has 3 nitrogen and oxygen atoms in total. The lowest BCUT2D eigenvalue weighted by Gasteiger charge is -2.33. The highest BCUT2D eigenvalue weighted by molar-refractivity contribution is 5.68. The van der Waals surface area contributed by atoms with Crippen LogP contribution in [0, 0.1) is 5.41 Å². The fraction of sp³-hybridized carbons (Fsp3) is 0.750. The highest BCUT2D eigenvalue weighted by Gasteiger charge is 2.37. The van der Waals surface area contributed by atoms with Gasteiger partial charge in [0.25, 0.3) is 0 Å². The molecule has 2 unspecified atom stereocenters. The fourth-order valence-electron chi connectivity index (χ4n) is 1.43. The Morgan fingerprint density at radius 2 is 2.12 bits per heavy atom. The number of alkyl halides is 2. The zero-order valence-electron chi connectivity index (χ0n) is 10.5. The van der Waals surface area contributed by atoms with E-state index in [1.807, 2.05) is 20.8 Å². The Kier molecular flexibility index (Phi) is 4.11. The van der Waals surface area contributed by atoms with Crippen LogP contribution in [-0.4, -0.2) is 36.6 Å². The third-order valence-electron chi connectivity index (χ3n) is 2.47. The molecule has 1 aliphatic heterocycles. The van der Waals surface area contributed by atoms with Gasteiger partial charge in [0, 0.05) is 6.54 Å². The van der Waals surface area contributed by atoms with Gasteiger partial charge in [0.2, 0.25) is 6.30 Å². The predicted molar refractivity (Wildman–Crippen MR) is 61.1 cm³/mol. The van der Waals surface area contributed by atoms with Gasteiger partial charge in [-0.3, -0.25) is 4.90 Å². The molecule has 0 aromatic heterocycles. The maximum Gasteiger partial charge on any atom is 0.412 e. The molecule has 0 bridgehead atoms. The van der Waals surface area contributed by atoms with Crippen molar-refractivity contribution >= 4 is 6.09 Å². The largest absolute Gasteiger partial charge is 0.449 e. The summed E-state index contributed by atoms with van der Waals surface area (Å²) in [5.41, 5.74) is -0.00643. The Balaban J connectivity index is 2.55. The van der Waals surface area contributed by atoms with E-state index >= 15 is 0 Å². The molecule has 1 saturated heterocycles. The highest BCUT2D eigenvalue weighted by atomic mass is 19.2. The summed E-state index contributed by atoms with van der Waals surface area (Å²) in [6.45, 7) is 9.40. The molecule has 0 aromatic carbocycles. The number of hydrogen-bond acceptors (Lipinski definition) is 2. The van der Waals surface area contributed by atoms with Gasteiger partial charge in [0.15, 0.2) is 6.17 Å². The first-order chi connectivity index (χ1) is 7.72. The van der Waals surface area contributed by atoms with Crippen LogP contribution in [0.2, 0.25) is 0 Å². The Morgan fingerprint density at radius 3 is 2.65 bits per heavy atom. The van der Waals surface area contributed by atoms with E-state index in [-0.39, 0.29) is 30.6 Å². The lowest BCUT2D eigenvalue weighted by atomic mass is 9.99. The van der Waals surface area contributed by atoms with E-state index in [1.54, 1.807) is 0 Å². The van der Waals surface area contributed by atoms with Crippen LogP contribution in [0.25, 0.3) is 0 Å². The second-order valence-corrected chi connectivity index (χ2v) is 5.49. The van der Waals surface area contributed by atoms with Gasteiger partial charge in [-0.15, -0.1) is 0 Å².